The molecule has 100 valence electrons. The monoisotopic (exact) mass is 261 g/mol. The van der Waals surface area contributed by atoms with Gasteiger partial charge in [-0.05, 0) is 30.7 Å². The second-order valence-corrected chi connectivity index (χ2v) is 4.22. The molecule has 1 N–H and O–H groups in total. The van der Waals surface area contributed by atoms with Crippen molar-refractivity contribution >= 4 is 11.5 Å². The number of rotatable bonds is 5. The molecule has 2 aromatic heterocycles. The van der Waals surface area contributed by atoms with E-state index in [9.17, 15) is 9.59 Å². The first kappa shape index (κ1) is 13.1. The Morgan fingerprint density at radius 3 is 2.74 bits per heavy atom. The summed E-state index contributed by atoms with van der Waals surface area (Å²) in [6, 6.07) is 6.41. The highest BCUT2D eigenvalue weighted by Gasteiger charge is 2.10. The summed E-state index contributed by atoms with van der Waals surface area (Å²) in [7, 11) is 0. The lowest BCUT2D eigenvalue weighted by Gasteiger charge is -2.08. The summed E-state index contributed by atoms with van der Waals surface area (Å²) in [5, 5.41) is 8.92. The molecule has 0 atom stereocenters. The second-order valence-electron chi connectivity index (χ2n) is 4.22. The number of carbonyl (C=O) groups is 1. The Hall–Kier alpha value is -2.30. The predicted octanol–water partition coefficient (Wildman–Crippen LogP) is 2.18. The van der Waals surface area contributed by atoms with Gasteiger partial charge in [-0.3, -0.25) is 9.20 Å². The summed E-state index contributed by atoms with van der Waals surface area (Å²) < 4.78 is 6.80. The number of ether oxygens (including phenoxy) is 1. The van der Waals surface area contributed by atoms with E-state index in [0.29, 0.717) is 17.9 Å². The van der Waals surface area contributed by atoms with Crippen molar-refractivity contribution in [2.75, 3.05) is 6.61 Å². The molecule has 0 aliphatic heterocycles. The maximum atomic E-state index is 12.0. The first-order valence-corrected chi connectivity index (χ1v) is 6.15. The minimum absolute atomic E-state index is 0.247. The zero-order valence-electron chi connectivity index (χ0n) is 10.6. The lowest BCUT2D eigenvalue weighted by atomic mass is 10.2. The molecule has 5 nitrogen and oxygen atoms in total. The van der Waals surface area contributed by atoms with Crippen LogP contribution in [0.4, 0.5) is 0 Å². The van der Waals surface area contributed by atoms with Crippen molar-refractivity contribution in [2.24, 2.45) is 0 Å². The molecule has 19 heavy (non-hydrogen) atoms. The number of aromatic carboxylic acids is 1. The Morgan fingerprint density at radius 1 is 1.32 bits per heavy atom. The number of pyridine rings is 2. The number of carboxylic acid groups (broad SMARTS) is 1. The number of fused-ring (bicyclic) bond motifs is 1. The SMILES string of the molecule is CCCCOc1ccc2ccc(C(=O)O)c(=O)n2c1. The van der Waals surface area contributed by atoms with Gasteiger partial charge in [0.1, 0.15) is 11.3 Å². The van der Waals surface area contributed by atoms with Crippen LogP contribution in [0.25, 0.3) is 5.52 Å². The van der Waals surface area contributed by atoms with E-state index in [-0.39, 0.29) is 5.56 Å². The van der Waals surface area contributed by atoms with Crippen molar-refractivity contribution in [3.63, 3.8) is 0 Å². The van der Waals surface area contributed by atoms with Crippen molar-refractivity contribution < 1.29 is 14.6 Å². The third kappa shape index (κ3) is 2.76. The molecule has 0 spiro atoms. The number of aromatic nitrogens is 1. The van der Waals surface area contributed by atoms with Gasteiger partial charge < -0.3 is 9.84 Å². The maximum absolute atomic E-state index is 12.0. The molecule has 0 bridgehead atoms. The summed E-state index contributed by atoms with van der Waals surface area (Å²) >= 11 is 0. The number of hydrogen-bond donors (Lipinski definition) is 1. The average Bonchev–Trinajstić information content (AvgIpc) is 2.39. The van der Waals surface area contributed by atoms with Gasteiger partial charge in [0.2, 0.25) is 0 Å². The quantitative estimate of drug-likeness (QED) is 0.837. The molecule has 0 saturated heterocycles. The fourth-order valence-corrected chi connectivity index (χ4v) is 1.76. The van der Waals surface area contributed by atoms with E-state index >= 15 is 0 Å². The molecular weight excluding hydrogens is 246 g/mol. The second kappa shape index (κ2) is 5.56. The molecule has 5 heteroatoms. The van der Waals surface area contributed by atoms with Crippen LogP contribution in [0.15, 0.2) is 35.3 Å². The lowest BCUT2D eigenvalue weighted by Crippen LogP contribution is -2.21. The van der Waals surface area contributed by atoms with Crippen LogP contribution >= 0.6 is 0 Å². The van der Waals surface area contributed by atoms with Gasteiger partial charge in [0.15, 0.2) is 0 Å². The van der Waals surface area contributed by atoms with Crippen LogP contribution in [-0.4, -0.2) is 22.1 Å². The summed E-state index contributed by atoms with van der Waals surface area (Å²) in [5.41, 5.74) is -0.160. The van der Waals surface area contributed by atoms with E-state index in [1.165, 1.54) is 16.7 Å². The maximum Gasteiger partial charge on any atom is 0.341 e. The Kier molecular flexibility index (Phi) is 3.85. The molecule has 0 unspecified atom stereocenters. The third-order valence-electron chi connectivity index (χ3n) is 2.82. The van der Waals surface area contributed by atoms with E-state index < -0.39 is 11.5 Å². The normalized spacial score (nSPS) is 10.6. The number of carboxylic acids is 1. The predicted molar refractivity (Wildman–Crippen MR) is 71.0 cm³/mol. The van der Waals surface area contributed by atoms with Crippen LogP contribution in [0, 0.1) is 0 Å². The van der Waals surface area contributed by atoms with Crippen molar-refractivity contribution in [1.82, 2.24) is 4.40 Å². The Balaban J connectivity index is 2.42. The van der Waals surface area contributed by atoms with Gasteiger partial charge in [0.05, 0.1) is 12.8 Å². The Bertz CT molecular complexity index is 660. The largest absolute Gasteiger partial charge is 0.492 e. The van der Waals surface area contributed by atoms with Crippen LogP contribution in [0.5, 0.6) is 5.75 Å². The van der Waals surface area contributed by atoms with Crippen molar-refractivity contribution in [3.8, 4) is 5.75 Å². The highest BCUT2D eigenvalue weighted by Crippen LogP contribution is 2.13. The van der Waals surface area contributed by atoms with Gasteiger partial charge in [0, 0.05) is 5.52 Å². The first-order valence-electron chi connectivity index (χ1n) is 6.15. The van der Waals surface area contributed by atoms with Crippen LogP contribution in [0.1, 0.15) is 30.1 Å². The summed E-state index contributed by atoms with van der Waals surface area (Å²) in [5.74, 6) is -0.665. The highest BCUT2D eigenvalue weighted by molar-refractivity contribution is 5.87. The standard InChI is InChI=1S/C14H15NO4/c1-2-3-8-19-11-6-4-10-5-7-12(14(17)18)13(16)15(10)9-11/h4-7,9H,2-3,8H2,1H3,(H,17,18). The van der Waals surface area contributed by atoms with Crippen LogP contribution in [0.3, 0.4) is 0 Å². The topological polar surface area (TPSA) is 68.0 Å². The van der Waals surface area contributed by atoms with Gasteiger partial charge in [-0.2, -0.15) is 0 Å². The number of nitrogens with zero attached hydrogens (tertiary/aromatic N) is 1. The van der Waals surface area contributed by atoms with E-state index in [2.05, 4.69) is 6.92 Å². The number of unbranched alkanes of at least 4 members (excludes halogenated alkanes) is 1. The van der Waals surface area contributed by atoms with Crippen LogP contribution < -0.4 is 10.3 Å². The zero-order chi connectivity index (χ0) is 13.8. The molecule has 0 aliphatic rings. The summed E-state index contributed by atoms with van der Waals surface area (Å²) in [6.07, 6.45) is 3.48. The Morgan fingerprint density at radius 2 is 2.05 bits per heavy atom. The first-order chi connectivity index (χ1) is 9.13. The molecule has 2 rings (SSSR count). The smallest absolute Gasteiger partial charge is 0.341 e. The van der Waals surface area contributed by atoms with Crippen LogP contribution in [0.2, 0.25) is 0 Å². The minimum atomic E-state index is -1.23. The zero-order valence-corrected chi connectivity index (χ0v) is 10.6. The van der Waals surface area contributed by atoms with E-state index in [1.54, 1.807) is 18.2 Å². The molecule has 0 fully saturated rings. The van der Waals surface area contributed by atoms with Gasteiger partial charge in [-0.25, -0.2) is 4.79 Å². The van der Waals surface area contributed by atoms with Gasteiger partial charge in [-0.1, -0.05) is 13.3 Å². The minimum Gasteiger partial charge on any atom is -0.492 e. The molecular formula is C14H15NO4. The van der Waals surface area contributed by atoms with Gasteiger partial charge in [-0.15, -0.1) is 0 Å². The van der Waals surface area contributed by atoms with Crippen molar-refractivity contribution in [1.29, 1.82) is 0 Å². The lowest BCUT2D eigenvalue weighted by molar-refractivity contribution is 0.0694. The van der Waals surface area contributed by atoms with Crippen molar-refractivity contribution in [3.05, 3.63) is 46.4 Å². The van der Waals surface area contributed by atoms with E-state index in [1.807, 2.05) is 0 Å². The molecule has 0 radical (unpaired) electrons. The summed E-state index contributed by atoms with van der Waals surface area (Å²) in [4.78, 5) is 22.9. The average molecular weight is 261 g/mol. The number of hydrogen-bond acceptors (Lipinski definition) is 3. The molecule has 0 aromatic carbocycles. The van der Waals surface area contributed by atoms with Gasteiger partial charge >= 0.3 is 5.97 Å². The highest BCUT2D eigenvalue weighted by atomic mass is 16.5. The molecule has 2 aromatic rings. The Labute approximate surface area is 110 Å². The fourth-order valence-electron chi connectivity index (χ4n) is 1.76. The molecule has 2 heterocycles. The van der Waals surface area contributed by atoms with Gasteiger partial charge in [0.25, 0.3) is 5.56 Å². The fraction of sp³-hybridized carbons (Fsp3) is 0.286. The van der Waals surface area contributed by atoms with E-state index in [0.717, 1.165) is 12.8 Å². The molecule has 0 amide bonds. The molecule has 0 saturated carbocycles. The van der Waals surface area contributed by atoms with Crippen LogP contribution in [-0.2, 0) is 0 Å². The molecule has 0 aliphatic carbocycles. The van der Waals surface area contributed by atoms with E-state index in [4.69, 9.17) is 9.84 Å². The summed E-state index contributed by atoms with van der Waals surface area (Å²) in [6.45, 7) is 2.64. The third-order valence-corrected chi connectivity index (χ3v) is 2.82. The van der Waals surface area contributed by atoms with Crippen molar-refractivity contribution in [2.45, 2.75) is 19.8 Å².